The van der Waals surface area contributed by atoms with Crippen LogP contribution in [0.15, 0.2) is 53.6 Å². The van der Waals surface area contributed by atoms with Crippen molar-refractivity contribution in [2.24, 2.45) is 5.10 Å². The van der Waals surface area contributed by atoms with Crippen molar-refractivity contribution in [2.45, 2.75) is 0 Å². The zero-order chi connectivity index (χ0) is 13.7. The van der Waals surface area contributed by atoms with Crippen molar-refractivity contribution in [3.05, 3.63) is 64.7 Å². The van der Waals surface area contributed by atoms with E-state index in [1.54, 1.807) is 42.5 Å². The summed E-state index contributed by atoms with van der Waals surface area (Å²) in [6.07, 6.45) is 1.44. The van der Waals surface area contributed by atoms with E-state index in [4.69, 9.17) is 11.6 Å². The van der Waals surface area contributed by atoms with Crippen molar-refractivity contribution in [1.82, 2.24) is 5.43 Å². The lowest BCUT2D eigenvalue weighted by Gasteiger charge is -2.01. The Morgan fingerprint density at radius 2 is 2.00 bits per heavy atom. The molecule has 0 atom stereocenters. The zero-order valence-electron chi connectivity index (χ0n) is 9.88. The average molecular weight is 275 g/mol. The summed E-state index contributed by atoms with van der Waals surface area (Å²) in [6.45, 7) is 0. The van der Waals surface area contributed by atoms with Gasteiger partial charge < -0.3 is 5.11 Å². The van der Waals surface area contributed by atoms with Crippen LogP contribution in [0.2, 0.25) is 5.02 Å². The number of aromatic hydroxyl groups is 1. The van der Waals surface area contributed by atoms with Crippen molar-refractivity contribution >= 4 is 23.7 Å². The second-order valence-corrected chi connectivity index (χ2v) is 4.18. The summed E-state index contributed by atoms with van der Waals surface area (Å²) in [4.78, 5) is 11.8. The summed E-state index contributed by atoms with van der Waals surface area (Å²) >= 11 is 5.89. The van der Waals surface area contributed by atoms with Gasteiger partial charge in [-0.05, 0) is 29.8 Å². The maximum Gasteiger partial charge on any atom is 0.272 e. The van der Waals surface area contributed by atoms with Gasteiger partial charge in [0.1, 0.15) is 5.75 Å². The quantitative estimate of drug-likeness (QED) is 0.668. The summed E-state index contributed by atoms with van der Waals surface area (Å²) < 4.78 is 0. The highest BCUT2D eigenvalue weighted by molar-refractivity contribution is 6.33. The molecule has 0 heterocycles. The number of benzene rings is 2. The van der Waals surface area contributed by atoms with Crippen LogP contribution in [0.4, 0.5) is 0 Å². The van der Waals surface area contributed by atoms with E-state index in [0.29, 0.717) is 16.1 Å². The van der Waals surface area contributed by atoms with Crippen LogP contribution in [0.25, 0.3) is 0 Å². The maximum absolute atomic E-state index is 11.8. The summed E-state index contributed by atoms with van der Waals surface area (Å²) in [7, 11) is 0. The molecule has 0 unspecified atom stereocenters. The zero-order valence-corrected chi connectivity index (χ0v) is 10.6. The van der Waals surface area contributed by atoms with E-state index in [9.17, 15) is 9.90 Å². The third-order valence-corrected chi connectivity index (χ3v) is 2.70. The van der Waals surface area contributed by atoms with Crippen LogP contribution in [0.3, 0.4) is 0 Å². The van der Waals surface area contributed by atoms with Crippen LogP contribution < -0.4 is 5.43 Å². The molecule has 0 aliphatic heterocycles. The number of nitrogens with zero attached hydrogens (tertiary/aromatic N) is 1. The van der Waals surface area contributed by atoms with Gasteiger partial charge in [-0.15, -0.1) is 0 Å². The monoisotopic (exact) mass is 274 g/mol. The van der Waals surface area contributed by atoms with Gasteiger partial charge in [0.15, 0.2) is 0 Å². The van der Waals surface area contributed by atoms with Crippen molar-refractivity contribution < 1.29 is 9.90 Å². The SMILES string of the molecule is O=C(NN=Cc1cccc(O)c1)c1ccccc1Cl. The predicted octanol–water partition coefficient (Wildman–Crippen LogP) is 2.81. The van der Waals surface area contributed by atoms with Gasteiger partial charge in [0.2, 0.25) is 0 Å². The van der Waals surface area contributed by atoms with Crippen LogP contribution in [0, 0.1) is 0 Å². The lowest BCUT2D eigenvalue weighted by molar-refractivity contribution is 0.0955. The standard InChI is InChI=1S/C14H11ClN2O2/c15-13-7-2-1-6-12(13)14(19)17-16-9-10-4-3-5-11(18)8-10/h1-9,18H,(H,17,19). The normalized spacial score (nSPS) is 10.6. The smallest absolute Gasteiger partial charge is 0.272 e. The second kappa shape index (κ2) is 6.02. The van der Waals surface area contributed by atoms with Gasteiger partial charge in [-0.1, -0.05) is 35.9 Å². The number of halogens is 1. The number of phenols is 1. The molecule has 1 amide bonds. The van der Waals surface area contributed by atoms with E-state index in [1.165, 1.54) is 12.3 Å². The molecule has 2 rings (SSSR count). The first kappa shape index (κ1) is 13.1. The Morgan fingerprint density at radius 1 is 1.21 bits per heavy atom. The molecular weight excluding hydrogens is 264 g/mol. The summed E-state index contributed by atoms with van der Waals surface area (Å²) in [5.41, 5.74) is 3.41. The predicted molar refractivity (Wildman–Crippen MR) is 74.6 cm³/mol. The van der Waals surface area contributed by atoms with Gasteiger partial charge in [-0.3, -0.25) is 4.79 Å². The van der Waals surface area contributed by atoms with Gasteiger partial charge in [0.05, 0.1) is 16.8 Å². The fourth-order valence-electron chi connectivity index (χ4n) is 1.48. The van der Waals surface area contributed by atoms with Crippen molar-refractivity contribution in [2.75, 3.05) is 0 Å². The Hall–Kier alpha value is -2.33. The molecule has 96 valence electrons. The molecule has 0 saturated heterocycles. The Morgan fingerprint density at radius 3 is 2.74 bits per heavy atom. The van der Waals surface area contributed by atoms with Crippen molar-refractivity contribution in [1.29, 1.82) is 0 Å². The number of hydrazone groups is 1. The van der Waals surface area contributed by atoms with E-state index in [1.807, 2.05) is 0 Å². The molecule has 2 aromatic rings. The van der Waals surface area contributed by atoms with E-state index in [0.717, 1.165) is 0 Å². The Balaban J connectivity index is 2.03. The number of hydrogen-bond acceptors (Lipinski definition) is 3. The molecule has 0 bridgehead atoms. The molecule has 0 aromatic heterocycles. The van der Waals surface area contributed by atoms with Crippen molar-refractivity contribution in [3.63, 3.8) is 0 Å². The van der Waals surface area contributed by atoms with Crippen LogP contribution in [0.1, 0.15) is 15.9 Å². The minimum Gasteiger partial charge on any atom is -0.508 e. The maximum atomic E-state index is 11.8. The fourth-order valence-corrected chi connectivity index (χ4v) is 1.70. The van der Waals surface area contributed by atoms with Gasteiger partial charge in [0, 0.05) is 0 Å². The van der Waals surface area contributed by atoms with Gasteiger partial charge in [-0.2, -0.15) is 5.10 Å². The van der Waals surface area contributed by atoms with Crippen LogP contribution in [-0.2, 0) is 0 Å². The number of rotatable bonds is 3. The average Bonchev–Trinajstić information content (AvgIpc) is 2.39. The van der Waals surface area contributed by atoms with Gasteiger partial charge >= 0.3 is 0 Å². The molecule has 0 saturated carbocycles. The molecule has 0 aliphatic rings. The van der Waals surface area contributed by atoms with Gasteiger partial charge in [-0.25, -0.2) is 5.43 Å². The summed E-state index contributed by atoms with van der Waals surface area (Å²) in [6, 6.07) is 13.2. The Kier molecular flexibility index (Phi) is 4.15. The molecule has 0 spiro atoms. The summed E-state index contributed by atoms with van der Waals surface area (Å²) in [5.74, 6) is -0.247. The van der Waals surface area contributed by atoms with E-state index >= 15 is 0 Å². The third-order valence-electron chi connectivity index (χ3n) is 2.37. The molecule has 2 N–H and O–H groups in total. The topological polar surface area (TPSA) is 61.7 Å². The number of carbonyl (C=O) groups is 1. The number of carbonyl (C=O) groups excluding carboxylic acids is 1. The molecule has 5 heteroatoms. The largest absolute Gasteiger partial charge is 0.508 e. The Labute approximate surface area is 115 Å². The summed E-state index contributed by atoms with van der Waals surface area (Å²) in [5, 5.41) is 13.4. The lowest BCUT2D eigenvalue weighted by Crippen LogP contribution is -2.17. The highest BCUT2D eigenvalue weighted by atomic mass is 35.5. The van der Waals surface area contributed by atoms with Crippen LogP contribution in [-0.4, -0.2) is 17.2 Å². The fraction of sp³-hybridized carbons (Fsp3) is 0. The third kappa shape index (κ3) is 3.56. The molecule has 2 aromatic carbocycles. The minimum absolute atomic E-state index is 0.140. The van der Waals surface area contributed by atoms with E-state index in [2.05, 4.69) is 10.5 Å². The molecule has 19 heavy (non-hydrogen) atoms. The number of hydrogen-bond donors (Lipinski definition) is 2. The first-order valence-electron chi connectivity index (χ1n) is 5.54. The minimum atomic E-state index is -0.387. The van der Waals surface area contributed by atoms with Crippen LogP contribution >= 0.6 is 11.6 Å². The Bertz CT molecular complexity index is 626. The lowest BCUT2D eigenvalue weighted by atomic mass is 10.2. The molecule has 0 radical (unpaired) electrons. The molecular formula is C14H11ClN2O2. The molecule has 0 aliphatic carbocycles. The number of nitrogens with one attached hydrogen (secondary N) is 1. The number of phenolic OH excluding ortho intramolecular Hbond substituents is 1. The molecule has 4 nitrogen and oxygen atoms in total. The van der Waals surface area contributed by atoms with Crippen LogP contribution in [0.5, 0.6) is 5.75 Å². The first-order chi connectivity index (χ1) is 9.16. The first-order valence-corrected chi connectivity index (χ1v) is 5.91. The van der Waals surface area contributed by atoms with E-state index in [-0.39, 0.29) is 11.7 Å². The molecule has 0 fully saturated rings. The second-order valence-electron chi connectivity index (χ2n) is 3.77. The van der Waals surface area contributed by atoms with Crippen molar-refractivity contribution in [3.8, 4) is 5.75 Å². The highest BCUT2D eigenvalue weighted by Crippen LogP contribution is 2.14. The van der Waals surface area contributed by atoms with Gasteiger partial charge in [0.25, 0.3) is 5.91 Å². The number of amides is 1. The van der Waals surface area contributed by atoms with E-state index < -0.39 is 0 Å². The highest BCUT2D eigenvalue weighted by Gasteiger charge is 2.07.